The summed E-state index contributed by atoms with van der Waals surface area (Å²) in [5.74, 6) is 1.34. The van der Waals surface area contributed by atoms with Crippen LogP contribution in [0, 0.1) is 19.8 Å². The molecule has 1 aliphatic carbocycles. The average molecular weight is 444 g/mol. The van der Waals surface area contributed by atoms with E-state index in [2.05, 4.69) is 33.8 Å². The summed E-state index contributed by atoms with van der Waals surface area (Å²) in [5, 5.41) is 15.2. The third-order valence-electron chi connectivity index (χ3n) is 5.72. The fourth-order valence-electron chi connectivity index (χ4n) is 4.18. The highest BCUT2D eigenvalue weighted by molar-refractivity contribution is 7.99. The first kappa shape index (κ1) is 23.3. The highest BCUT2D eigenvalue weighted by Gasteiger charge is 2.23. The van der Waals surface area contributed by atoms with E-state index in [0.29, 0.717) is 29.2 Å². The lowest BCUT2D eigenvalue weighted by molar-refractivity contribution is -0.120. The molecular weight excluding hydrogens is 410 g/mol. The van der Waals surface area contributed by atoms with Crippen molar-refractivity contribution in [3.63, 3.8) is 0 Å². The summed E-state index contributed by atoms with van der Waals surface area (Å²) < 4.78 is 1.91. The lowest BCUT2D eigenvalue weighted by Crippen LogP contribution is -2.41. The fraction of sp³-hybridized carbons (Fsp3) is 0.565. The predicted molar refractivity (Wildman–Crippen MR) is 124 cm³/mol. The van der Waals surface area contributed by atoms with Gasteiger partial charge in [-0.1, -0.05) is 37.6 Å². The number of nitrogens with one attached hydrogen (secondary N) is 2. The van der Waals surface area contributed by atoms with Crippen LogP contribution in [0.3, 0.4) is 0 Å². The maximum absolute atomic E-state index is 12.5. The van der Waals surface area contributed by atoms with Gasteiger partial charge in [-0.25, -0.2) is 0 Å². The molecule has 0 unspecified atom stereocenters. The molecule has 168 valence electrons. The van der Waals surface area contributed by atoms with E-state index in [-0.39, 0.29) is 24.3 Å². The standard InChI is InChI=1S/C23H33N5O2S/c1-5-28-20(13-21(29)24-18-11-15(2)10-16(3)12-18)26-27-23(28)31-14-22(30)25-19-9-7-6-8-17(19)4/h10-12,17,19H,5-9,13-14H2,1-4H3,(H,24,29)(H,25,30)/t17-,19+/m1/s1. The minimum Gasteiger partial charge on any atom is -0.352 e. The topological polar surface area (TPSA) is 88.9 Å². The Morgan fingerprint density at radius 1 is 1.10 bits per heavy atom. The van der Waals surface area contributed by atoms with Crippen LogP contribution < -0.4 is 10.6 Å². The van der Waals surface area contributed by atoms with Gasteiger partial charge in [0.05, 0.1) is 12.2 Å². The number of rotatable bonds is 8. The normalized spacial score (nSPS) is 18.6. The average Bonchev–Trinajstić information content (AvgIpc) is 3.08. The minimum absolute atomic E-state index is 0.0310. The summed E-state index contributed by atoms with van der Waals surface area (Å²) in [6, 6.07) is 6.23. The molecule has 0 radical (unpaired) electrons. The van der Waals surface area contributed by atoms with Gasteiger partial charge in [-0.3, -0.25) is 9.59 Å². The summed E-state index contributed by atoms with van der Waals surface area (Å²) in [6.45, 7) is 8.85. The molecule has 0 aliphatic heterocycles. The van der Waals surface area contributed by atoms with Gasteiger partial charge in [0.1, 0.15) is 5.82 Å². The zero-order valence-electron chi connectivity index (χ0n) is 18.9. The van der Waals surface area contributed by atoms with Crippen LogP contribution in [0.4, 0.5) is 5.69 Å². The highest BCUT2D eigenvalue weighted by Crippen LogP contribution is 2.24. The number of nitrogens with zero attached hydrogens (tertiary/aromatic N) is 3. The van der Waals surface area contributed by atoms with Gasteiger partial charge in [0, 0.05) is 18.3 Å². The van der Waals surface area contributed by atoms with Gasteiger partial charge in [0.2, 0.25) is 11.8 Å². The van der Waals surface area contributed by atoms with Crippen molar-refractivity contribution in [2.24, 2.45) is 5.92 Å². The van der Waals surface area contributed by atoms with E-state index >= 15 is 0 Å². The molecule has 3 rings (SSSR count). The number of thioether (sulfide) groups is 1. The van der Waals surface area contributed by atoms with Gasteiger partial charge in [0.15, 0.2) is 5.16 Å². The van der Waals surface area contributed by atoms with Gasteiger partial charge in [-0.05, 0) is 62.8 Å². The molecule has 2 aromatic rings. The SMILES string of the molecule is CCn1c(CC(=O)Nc2cc(C)cc(C)c2)nnc1SCC(=O)N[C@H]1CCCC[C@H]1C. The third kappa shape index (κ3) is 6.56. The zero-order chi connectivity index (χ0) is 22.4. The Labute approximate surface area is 188 Å². The Bertz CT molecular complexity index is 906. The van der Waals surface area contributed by atoms with Gasteiger partial charge in [-0.2, -0.15) is 0 Å². The maximum Gasteiger partial charge on any atom is 0.232 e. The maximum atomic E-state index is 12.5. The molecular formula is C23H33N5O2S. The Morgan fingerprint density at radius 3 is 2.48 bits per heavy atom. The van der Waals surface area contributed by atoms with Crippen molar-refractivity contribution in [2.75, 3.05) is 11.1 Å². The van der Waals surface area contributed by atoms with E-state index in [9.17, 15) is 9.59 Å². The lowest BCUT2D eigenvalue weighted by Gasteiger charge is -2.29. The Kier molecular flexibility index (Phi) is 8.12. The number of carbonyl (C=O) groups is 2. The fourth-order valence-corrected chi connectivity index (χ4v) is 5.01. The van der Waals surface area contributed by atoms with Crippen LogP contribution in [-0.4, -0.2) is 38.4 Å². The molecule has 1 fully saturated rings. The van der Waals surface area contributed by atoms with E-state index in [1.54, 1.807) is 0 Å². The molecule has 1 heterocycles. The van der Waals surface area contributed by atoms with Crippen LogP contribution >= 0.6 is 11.8 Å². The first-order chi connectivity index (χ1) is 14.9. The van der Waals surface area contributed by atoms with Gasteiger partial charge >= 0.3 is 0 Å². The second-order valence-electron chi connectivity index (χ2n) is 8.47. The Balaban J connectivity index is 1.55. The van der Waals surface area contributed by atoms with Crippen LogP contribution in [0.15, 0.2) is 23.4 Å². The van der Waals surface area contributed by atoms with Crippen LogP contribution in [0.1, 0.15) is 56.5 Å². The summed E-state index contributed by atoms with van der Waals surface area (Å²) in [7, 11) is 0. The number of hydrogen-bond acceptors (Lipinski definition) is 5. The van der Waals surface area contributed by atoms with Crippen molar-refractivity contribution in [3.05, 3.63) is 35.2 Å². The number of anilines is 1. The quantitative estimate of drug-likeness (QED) is 0.605. The molecule has 1 aliphatic rings. The van der Waals surface area contributed by atoms with Crippen LogP contribution in [-0.2, 0) is 22.6 Å². The minimum atomic E-state index is -0.132. The van der Waals surface area contributed by atoms with Crippen molar-refractivity contribution >= 4 is 29.3 Å². The summed E-state index contributed by atoms with van der Waals surface area (Å²) in [5.41, 5.74) is 2.99. The van der Waals surface area contributed by atoms with E-state index in [0.717, 1.165) is 23.2 Å². The number of amides is 2. The van der Waals surface area contributed by atoms with Crippen molar-refractivity contribution in [3.8, 4) is 0 Å². The van der Waals surface area contributed by atoms with Crippen LogP contribution in [0.2, 0.25) is 0 Å². The van der Waals surface area contributed by atoms with Crippen LogP contribution in [0.25, 0.3) is 0 Å². The Hall–Kier alpha value is -2.35. The molecule has 0 saturated heterocycles. The zero-order valence-corrected chi connectivity index (χ0v) is 19.7. The van der Waals surface area contributed by atoms with E-state index in [1.165, 1.54) is 31.0 Å². The number of benzene rings is 1. The molecule has 2 atom stereocenters. The van der Waals surface area contributed by atoms with Gasteiger partial charge in [0.25, 0.3) is 0 Å². The van der Waals surface area contributed by atoms with Crippen molar-refractivity contribution in [2.45, 2.75) is 77.5 Å². The first-order valence-electron chi connectivity index (χ1n) is 11.1. The molecule has 2 N–H and O–H groups in total. The summed E-state index contributed by atoms with van der Waals surface area (Å²) in [6.07, 6.45) is 4.81. The predicted octanol–water partition coefficient (Wildman–Crippen LogP) is 3.88. The first-order valence-corrected chi connectivity index (χ1v) is 12.1. The molecule has 1 saturated carbocycles. The molecule has 0 spiro atoms. The number of aryl methyl sites for hydroxylation is 2. The monoisotopic (exact) mass is 443 g/mol. The summed E-state index contributed by atoms with van der Waals surface area (Å²) in [4.78, 5) is 25.0. The van der Waals surface area contributed by atoms with Crippen molar-refractivity contribution in [1.82, 2.24) is 20.1 Å². The largest absolute Gasteiger partial charge is 0.352 e. The Morgan fingerprint density at radius 2 is 1.81 bits per heavy atom. The number of hydrogen-bond donors (Lipinski definition) is 2. The molecule has 7 nitrogen and oxygen atoms in total. The molecule has 8 heteroatoms. The third-order valence-corrected chi connectivity index (χ3v) is 6.69. The smallest absolute Gasteiger partial charge is 0.232 e. The van der Waals surface area contributed by atoms with E-state index in [1.807, 2.05) is 37.5 Å². The van der Waals surface area contributed by atoms with Gasteiger partial charge < -0.3 is 15.2 Å². The molecule has 1 aromatic carbocycles. The van der Waals surface area contributed by atoms with E-state index < -0.39 is 0 Å². The number of carbonyl (C=O) groups excluding carboxylic acids is 2. The van der Waals surface area contributed by atoms with Crippen molar-refractivity contribution < 1.29 is 9.59 Å². The van der Waals surface area contributed by atoms with Crippen molar-refractivity contribution in [1.29, 1.82) is 0 Å². The van der Waals surface area contributed by atoms with E-state index in [4.69, 9.17) is 0 Å². The molecule has 1 aromatic heterocycles. The summed E-state index contributed by atoms with van der Waals surface area (Å²) >= 11 is 1.37. The second kappa shape index (κ2) is 10.8. The molecule has 31 heavy (non-hydrogen) atoms. The molecule has 2 amide bonds. The highest BCUT2D eigenvalue weighted by atomic mass is 32.2. The van der Waals surface area contributed by atoms with Crippen LogP contribution in [0.5, 0.6) is 0 Å². The van der Waals surface area contributed by atoms with Gasteiger partial charge in [-0.15, -0.1) is 10.2 Å². The number of aromatic nitrogens is 3. The lowest BCUT2D eigenvalue weighted by atomic mass is 9.86. The molecule has 0 bridgehead atoms. The second-order valence-corrected chi connectivity index (χ2v) is 9.41.